The zero-order chi connectivity index (χ0) is 26.6. The molecule has 0 bridgehead atoms. The number of hydrogen-bond acceptors (Lipinski definition) is 6. The number of thiophene rings is 1. The van der Waals surface area contributed by atoms with E-state index in [-0.39, 0.29) is 28.8 Å². The van der Waals surface area contributed by atoms with Gasteiger partial charge in [0.1, 0.15) is 11.7 Å². The van der Waals surface area contributed by atoms with Crippen LogP contribution in [0.3, 0.4) is 0 Å². The Bertz CT molecular complexity index is 1140. The summed E-state index contributed by atoms with van der Waals surface area (Å²) in [6.07, 6.45) is 2.13. The van der Waals surface area contributed by atoms with Crippen molar-refractivity contribution in [3.05, 3.63) is 51.7 Å². The Morgan fingerprint density at radius 1 is 1.24 bits per heavy atom. The molecule has 0 spiro atoms. The van der Waals surface area contributed by atoms with Crippen LogP contribution in [-0.4, -0.2) is 50.6 Å². The Labute approximate surface area is 226 Å². The normalized spacial score (nSPS) is 26.9. The number of nitrogens with zero attached hydrogens (tertiary/aromatic N) is 1. The number of benzene rings is 1. The number of amides is 1. The van der Waals surface area contributed by atoms with Gasteiger partial charge >= 0.3 is 0 Å². The van der Waals surface area contributed by atoms with Gasteiger partial charge in [-0.25, -0.2) is 0 Å². The summed E-state index contributed by atoms with van der Waals surface area (Å²) in [5.74, 6) is -0.511. The van der Waals surface area contributed by atoms with Gasteiger partial charge in [0.2, 0.25) is 5.91 Å². The molecule has 8 heteroatoms. The smallest absolute Gasteiger partial charge is 0.224 e. The summed E-state index contributed by atoms with van der Waals surface area (Å²) in [7, 11) is -2.04. The molecule has 0 radical (unpaired) electrons. The van der Waals surface area contributed by atoms with Crippen molar-refractivity contribution in [2.24, 2.45) is 0 Å². The van der Waals surface area contributed by atoms with E-state index in [1.54, 1.807) is 11.3 Å². The molecule has 3 aliphatic heterocycles. The highest BCUT2D eigenvalue weighted by atomic mass is 32.1. The fourth-order valence-electron chi connectivity index (χ4n) is 5.61. The molecule has 1 aromatic carbocycles. The molecule has 5 rings (SSSR count). The fourth-order valence-corrected chi connectivity index (χ4v) is 7.82. The second-order valence-corrected chi connectivity index (χ2v) is 18.5. The van der Waals surface area contributed by atoms with Gasteiger partial charge in [-0.1, -0.05) is 39.0 Å². The van der Waals surface area contributed by atoms with Crippen molar-refractivity contribution in [1.29, 1.82) is 0 Å². The number of aryl methyl sites for hydroxylation is 1. The zero-order valence-corrected chi connectivity index (χ0v) is 25.2. The molecular formula is C29H42N2O4SSi. The molecule has 0 unspecified atom stereocenters. The first kappa shape index (κ1) is 27.0. The van der Waals surface area contributed by atoms with Crippen molar-refractivity contribution in [2.75, 3.05) is 25.0 Å². The molecule has 1 N–H and O–H groups in total. The molecule has 2 aromatic rings. The Morgan fingerprint density at radius 2 is 2.03 bits per heavy atom. The maximum Gasteiger partial charge on any atom is 0.224 e. The van der Waals surface area contributed by atoms with E-state index in [2.05, 4.69) is 79.8 Å². The molecule has 37 heavy (non-hydrogen) atoms. The van der Waals surface area contributed by atoms with Gasteiger partial charge in [-0.3, -0.25) is 9.69 Å². The van der Waals surface area contributed by atoms with Crippen molar-refractivity contribution < 1.29 is 18.7 Å². The van der Waals surface area contributed by atoms with Crippen LogP contribution in [0.4, 0.5) is 5.69 Å². The summed E-state index contributed by atoms with van der Waals surface area (Å²) in [4.78, 5) is 15.7. The topological polar surface area (TPSA) is 60.0 Å². The first-order chi connectivity index (χ1) is 17.3. The number of hydrogen-bond donors (Lipinski definition) is 1. The highest BCUT2D eigenvalue weighted by Gasteiger charge is 2.57. The van der Waals surface area contributed by atoms with Crippen molar-refractivity contribution >= 4 is 31.2 Å². The minimum atomic E-state index is -2.04. The number of piperidine rings is 1. The molecule has 2 fully saturated rings. The predicted octanol–water partition coefficient (Wildman–Crippen LogP) is 6.45. The predicted molar refractivity (Wildman–Crippen MR) is 152 cm³/mol. The zero-order valence-electron chi connectivity index (χ0n) is 23.3. The van der Waals surface area contributed by atoms with Crippen LogP contribution in [0, 0.1) is 0 Å². The number of anilines is 1. The molecule has 0 aliphatic carbocycles. The molecule has 202 valence electrons. The average molecular weight is 543 g/mol. The lowest BCUT2D eigenvalue weighted by Crippen LogP contribution is -2.53. The van der Waals surface area contributed by atoms with Gasteiger partial charge < -0.3 is 19.2 Å². The van der Waals surface area contributed by atoms with E-state index in [1.807, 2.05) is 13.8 Å². The number of carbonyl (C=O) groups is 1. The number of rotatable bonds is 6. The number of nitrogens with one attached hydrogen (secondary N) is 1. The van der Waals surface area contributed by atoms with Crippen molar-refractivity contribution in [1.82, 2.24) is 4.90 Å². The van der Waals surface area contributed by atoms with E-state index < -0.39 is 14.1 Å². The Kier molecular flexibility index (Phi) is 6.99. The molecular weight excluding hydrogens is 500 g/mol. The van der Waals surface area contributed by atoms with E-state index in [1.165, 1.54) is 16.0 Å². The quantitative estimate of drug-likeness (QED) is 0.425. The third kappa shape index (κ3) is 5.34. The largest absolute Gasteiger partial charge is 0.409 e. The Balaban J connectivity index is 1.41. The Hall–Kier alpha value is -1.55. The van der Waals surface area contributed by atoms with Crippen LogP contribution >= 0.6 is 11.3 Å². The van der Waals surface area contributed by atoms with Crippen LogP contribution in [0.1, 0.15) is 69.6 Å². The fraction of sp³-hybridized carbons (Fsp3) is 0.621. The molecule has 3 aliphatic rings. The second kappa shape index (κ2) is 9.57. The maximum atomic E-state index is 11.9. The van der Waals surface area contributed by atoms with Crippen molar-refractivity contribution in [2.45, 2.75) is 95.6 Å². The third-order valence-corrected chi connectivity index (χ3v) is 14.1. The van der Waals surface area contributed by atoms with E-state index in [9.17, 15) is 4.79 Å². The second-order valence-electron chi connectivity index (χ2n) is 12.8. The monoisotopic (exact) mass is 542 g/mol. The Morgan fingerprint density at radius 3 is 2.73 bits per heavy atom. The van der Waals surface area contributed by atoms with Gasteiger partial charge in [0.05, 0.1) is 6.10 Å². The van der Waals surface area contributed by atoms with E-state index in [4.69, 9.17) is 13.9 Å². The number of likely N-dealkylation sites (tertiary alicyclic amines) is 1. The average Bonchev–Trinajstić information content (AvgIpc) is 3.43. The van der Waals surface area contributed by atoms with Gasteiger partial charge in [-0.2, -0.15) is 0 Å². The van der Waals surface area contributed by atoms with E-state index in [0.29, 0.717) is 6.42 Å². The molecule has 0 saturated carbocycles. The van der Waals surface area contributed by atoms with Crippen LogP contribution in [0.5, 0.6) is 0 Å². The number of carbonyl (C=O) groups excluding carboxylic acids is 1. The first-order valence-electron chi connectivity index (χ1n) is 13.5. The van der Waals surface area contributed by atoms with Crippen LogP contribution in [0.15, 0.2) is 35.7 Å². The third-order valence-electron chi connectivity index (χ3n) is 8.60. The standard InChI is InChI=1S/C29H42N2O4SSi/c1-27(2,3)37(6,7)34-23(21-10-12-22-20(17-21)11-13-26(32)30-22)18-31-15-14-29(25-9-8-16-36-25)24(19-31)33-28(4,5)35-29/h8-10,12,16-17,23-24H,11,13-15,18-19H2,1-7H3,(H,30,32)/t23-,24+,29+/m0/s1. The summed E-state index contributed by atoms with van der Waals surface area (Å²) >= 11 is 1.76. The summed E-state index contributed by atoms with van der Waals surface area (Å²) in [5.41, 5.74) is 2.95. The molecule has 2 saturated heterocycles. The number of ether oxygens (including phenoxy) is 2. The number of fused-ring (bicyclic) bond motifs is 2. The molecule has 6 nitrogen and oxygen atoms in total. The van der Waals surface area contributed by atoms with Crippen molar-refractivity contribution in [3.63, 3.8) is 0 Å². The SMILES string of the molecule is CC1(C)O[C@@H]2CN(C[C@H](O[Si](C)(C)C(C)(C)C)c3ccc4c(c3)CCC(=O)N4)CC[C@@]2(c2cccs2)O1. The summed E-state index contributed by atoms with van der Waals surface area (Å²) in [6, 6.07) is 10.7. The van der Waals surface area contributed by atoms with Gasteiger partial charge in [-0.05, 0) is 73.5 Å². The minimum Gasteiger partial charge on any atom is -0.409 e. The van der Waals surface area contributed by atoms with Crippen LogP contribution in [0.25, 0.3) is 0 Å². The lowest BCUT2D eigenvalue weighted by molar-refractivity contribution is -0.164. The molecule has 1 aromatic heterocycles. The molecule has 1 amide bonds. The molecule has 4 heterocycles. The van der Waals surface area contributed by atoms with Gasteiger partial charge in [-0.15, -0.1) is 11.3 Å². The van der Waals surface area contributed by atoms with Crippen LogP contribution in [-0.2, 0) is 30.7 Å². The van der Waals surface area contributed by atoms with Gasteiger partial charge in [0.15, 0.2) is 14.1 Å². The van der Waals surface area contributed by atoms with Gasteiger partial charge in [0, 0.05) is 36.6 Å². The molecule has 3 atom stereocenters. The van der Waals surface area contributed by atoms with Crippen LogP contribution < -0.4 is 5.32 Å². The minimum absolute atomic E-state index is 0.0258. The summed E-state index contributed by atoms with van der Waals surface area (Å²) in [6.45, 7) is 18.1. The maximum absolute atomic E-state index is 11.9. The summed E-state index contributed by atoms with van der Waals surface area (Å²) in [5, 5.41) is 5.26. The lowest BCUT2D eigenvalue weighted by atomic mass is 9.86. The van der Waals surface area contributed by atoms with Gasteiger partial charge in [0.25, 0.3) is 0 Å². The van der Waals surface area contributed by atoms with Crippen LogP contribution in [0.2, 0.25) is 18.1 Å². The first-order valence-corrected chi connectivity index (χ1v) is 17.3. The van der Waals surface area contributed by atoms with Crippen molar-refractivity contribution in [3.8, 4) is 0 Å². The lowest BCUT2D eigenvalue weighted by Gasteiger charge is -2.44. The highest BCUT2D eigenvalue weighted by molar-refractivity contribution is 7.10. The van der Waals surface area contributed by atoms with E-state index in [0.717, 1.165) is 38.2 Å². The summed E-state index contributed by atoms with van der Waals surface area (Å²) < 4.78 is 20.2. The highest BCUT2D eigenvalue weighted by Crippen LogP contribution is 2.50. The van der Waals surface area contributed by atoms with E-state index >= 15 is 0 Å².